The van der Waals surface area contributed by atoms with Crippen molar-refractivity contribution < 1.29 is 17.9 Å². The quantitative estimate of drug-likeness (QED) is 0.609. The zero-order valence-electron chi connectivity index (χ0n) is 15.2. The van der Waals surface area contributed by atoms with Gasteiger partial charge in [0.05, 0.1) is 17.1 Å². The van der Waals surface area contributed by atoms with Crippen LogP contribution in [0.5, 0.6) is 0 Å². The summed E-state index contributed by atoms with van der Waals surface area (Å²) in [5.74, 6) is 5.21. The molecule has 0 radical (unpaired) electrons. The van der Waals surface area contributed by atoms with E-state index in [2.05, 4.69) is 11.8 Å². The zero-order valence-corrected chi connectivity index (χ0v) is 16.0. The molecule has 0 atom stereocenters. The summed E-state index contributed by atoms with van der Waals surface area (Å²) in [7, 11) is -3.54. The predicted molar refractivity (Wildman–Crippen MR) is 101 cm³/mol. The molecule has 5 heteroatoms. The summed E-state index contributed by atoms with van der Waals surface area (Å²) >= 11 is 0. The fraction of sp³-hybridized carbons (Fsp3) is 0.286. The van der Waals surface area contributed by atoms with Gasteiger partial charge in [-0.3, -0.25) is 4.79 Å². The van der Waals surface area contributed by atoms with Crippen molar-refractivity contribution in [2.75, 3.05) is 5.75 Å². The highest BCUT2D eigenvalue weighted by atomic mass is 32.2. The molecule has 0 unspecified atom stereocenters. The molecule has 0 aliphatic rings. The molecule has 0 heterocycles. The number of carbonyl (C=O) groups excluding carboxylic acids is 1. The SMILES string of the molecule is CC(C)(C)OC(=O)CCS(=O)(=O)c1ccc(C#Cc2ccccc2)cc1. The maximum absolute atomic E-state index is 12.3. The number of hydrogen-bond acceptors (Lipinski definition) is 4. The maximum atomic E-state index is 12.3. The second-order valence-electron chi connectivity index (χ2n) is 6.80. The third kappa shape index (κ3) is 6.38. The Morgan fingerprint density at radius 3 is 2.00 bits per heavy atom. The molecular formula is C21H22O4S. The fourth-order valence-corrected chi connectivity index (χ4v) is 3.36. The van der Waals surface area contributed by atoms with Crippen LogP contribution < -0.4 is 0 Å². The van der Waals surface area contributed by atoms with Crippen LogP contribution in [0, 0.1) is 11.8 Å². The van der Waals surface area contributed by atoms with E-state index in [4.69, 9.17) is 4.74 Å². The molecule has 0 aliphatic carbocycles. The molecule has 2 aromatic rings. The Bertz CT molecular complexity index is 910. The molecular weight excluding hydrogens is 348 g/mol. The zero-order chi connectivity index (χ0) is 19.2. The lowest BCUT2D eigenvalue weighted by atomic mass is 10.2. The number of benzene rings is 2. The van der Waals surface area contributed by atoms with E-state index >= 15 is 0 Å². The molecule has 0 N–H and O–H groups in total. The number of ether oxygens (including phenoxy) is 1. The second kappa shape index (κ2) is 8.20. The van der Waals surface area contributed by atoms with Crippen LogP contribution in [0.4, 0.5) is 0 Å². The Kier molecular flexibility index (Phi) is 6.23. The van der Waals surface area contributed by atoms with Crippen LogP contribution in [-0.4, -0.2) is 25.7 Å². The first kappa shape index (κ1) is 19.7. The largest absolute Gasteiger partial charge is 0.460 e. The van der Waals surface area contributed by atoms with Gasteiger partial charge in [-0.1, -0.05) is 30.0 Å². The van der Waals surface area contributed by atoms with E-state index in [1.807, 2.05) is 30.3 Å². The molecule has 0 aromatic heterocycles. The van der Waals surface area contributed by atoms with Crippen molar-refractivity contribution >= 4 is 15.8 Å². The lowest BCUT2D eigenvalue weighted by Crippen LogP contribution is -2.25. The highest BCUT2D eigenvalue weighted by Gasteiger charge is 2.20. The second-order valence-corrected chi connectivity index (χ2v) is 8.90. The molecule has 0 saturated carbocycles. The predicted octanol–water partition coefficient (Wildman–Crippen LogP) is 3.59. The van der Waals surface area contributed by atoms with E-state index in [1.165, 1.54) is 12.1 Å². The van der Waals surface area contributed by atoms with Crippen molar-refractivity contribution in [1.82, 2.24) is 0 Å². The van der Waals surface area contributed by atoms with Crippen LogP contribution in [-0.2, 0) is 19.4 Å². The van der Waals surface area contributed by atoms with Crippen LogP contribution in [0.2, 0.25) is 0 Å². The molecule has 0 fully saturated rings. The third-order valence-electron chi connectivity index (χ3n) is 3.33. The van der Waals surface area contributed by atoms with Crippen LogP contribution in [0.25, 0.3) is 0 Å². The monoisotopic (exact) mass is 370 g/mol. The van der Waals surface area contributed by atoms with Gasteiger partial charge in [0.1, 0.15) is 5.60 Å². The van der Waals surface area contributed by atoms with Gasteiger partial charge < -0.3 is 4.74 Å². The molecule has 0 amide bonds. The van der Waals surface area contributed by atoms with Crippen LogP contribution >= 0.6 is 0 Å². The molecule has 0 spiro atoms. The number of sulfone groups is 1. The molecule has 0 saturated heterocycles. The number of esters is 1. The first-order valence-electron chi connectivity index (χ1n) is 8.27. The molecule has 2 aromatic carbocycles. The molecule has 0 aliphatic heterocycles. The van der Waals surface area contributed by atoms with Crippen LogP contribution in [0.1, 0.15) is 38.3 Å². The summed E-state index contributed by atoms with van der Waals surface area (Å²) in [5.41, 5.74) is 0.987. The van der Waals surface area contributed by atoms with Crippen molar-refractivity contribution in [3.8, 4) is 11.8 Å². The lowest BCUT2D eigenvalue weighted by molar-refractivity contribution is -0.154. The Morgan fingerprint density at radius 2 is 1.46 bits per heavy atom. The molecule has 2 rings (SSSR count). The van der Waals surface area contributed by atoms with Crippen molar-refractivity contribution in [1.29, 1.82) is 0 Å². The average Bonchev–Trinajstić information content (AvgIpc) is 2.58. The third-order valence-corrected chi connectivity index (χ3v) is 5.07. The minimum atomic E-state index is -3.54. The van der Waals surface area contributed by atoms with Gasteiger partial charge in [0.15, 0.2) is 9.84 Å². The summed E-state index contributed by atoms with van der Waals surface area (Å²) in [6.07, 6.45) is -0.171. The summed E-state index contributed by atoms with van der Waals surface area (Å²) in [6, 6.07) is 15.9. The normalized spacial score (nSPS) is 11.3. The van der Waals surface area contributed by atoms with Crippen molar-refractivity contribution in [3.05, 3.63) is 65.7 Å². The first-order chi connectivity index (χ1) is 12.2. The van der Waals surface area contributed by atoms with Gasteiger partial charge in [-0.2, -0.15) is 0 Å². The van der Waals surface area contributed by atoms with E-state index < -0.39 is 21.4 Å². The molecule has 4 nitrogen and oxygen atoms in total. The first-order valence-corrected chi connectivity index (χ1v) is 9.93. The minimum absolute atomic E-state index is 0.171. The Labute approximate surface area is 155 Å². The number of rotatable bonds is 4. The Morgan fingerprint density at radius 1 is 0.923 bits per heavy atom. The molecule has 26 heavy (non-hydrogen) atoms. The topological polar surface area (TPSA) is 60.4 Å². The molecule has 136 valence electrons. The van der Waals surface area contributed by atoms with Crippen LogP contribution in [0.3, 0.4) is 0 Å². The standard InChI is InChI=1S/C21H22O4S/c1-21(2,3)25-20(22)15-16-26(23,24)19-13-11-18(12-14-19)10-9-17-7-5-4-6-8-17/h4-8,11-14H,15-16H2,1-3H3. The van der Waals surface area contributed by atoms with Gasteiger partial charge in [-0.25, -0.2) is 8.42 Å². The Balaban J connectivity index is 2.02. The lowest BCUT2D eigenvalue weighted by Gasteiger charge is -2.19. The van der Waals surface area contributed by atoms with Crippen LogP contribution in [0.15, 0.2) is 59.5 Å². The summed E-state index contributed by atoms with van der Waals surface area (Å²) in [5, 5.41) is 0. The minimum Gasteiger partial charge on any atom is -0.460 e. The van der Waals surface area contributed by atoms with Gasteiger partial charge in [0, 0.05) is 11.1 Å². The van der Waals surface area contributed by atoms with Gasteiger partial charge in [0.2, 0.25) is 0 Å². The summed E-state index contributed by atoms with van der Waals surface area (Å²) in [4.78, 5) is 11.9. The Hall–Kier alpha value is -2.58. The smallest absolute Gasteiger partial charge is 0.307 e. The van der Waals surface area contributed by atoms with Crippen molar-refractivity contribution in [2.24, 2.45) is 0 Å². The molecule has 0 bridgehead atoms. The van der Waals surface area contributed by atoms with Gasteiger partial charge >= 0.3 is 5.97 Å². The van der Waals surface area contributed by atoms with Crippen molar-refractivity contribution in [2.45, 2.75) is 37.7 Å². The van der Waals surface area contributed by atoms with Crippen molar-refractivity contribution in [3.63, 3.8) is 0 Å². The summed E-state index contributed by atoms with van der Waals surface area (Å²) in [6.45, 7) is 5.23. The highest BCUT2D eigenvalue weighted by molar-refractivity contribution is 7.91. The van der Waals surface area contributed by atoms with Gasteiger partial charge in [-0.05, 0) is 57.2 Å². The number of carbonyl (C=O) groups is 1. The van der Waals surface area contributed by atoms with Gasteiger partial charge in [-0.15, -0.1) is 0 Å². The summed E-state index contributed by atoms with van der Waals surface area (Å²) < 4.78 is 29.8. The average molecular weight is 370 g/mol. The number of hydrogen-bond donors (Lipinski definition) is 0. The van der Waals surface area contributed by atoms with E-state index in [0.29, 0.717) is 0 Å². The van der Waals surface area contributed by atoms with E-state index in [-0.39, 0.29) is 17.1 Å². The highest BCUT2D eigenvalue weighted by Crippen LogP contribution is 2.15. The van der Waals surface area contributed by atoms with E-state index in [9.17, 15) is 13.2 Å². The van der Waals surface area contributed by atoms with E-state index in [1.54, 1.807) is 32.9 Å². The van der Waals surface area contributed by atoms with E-state index in [0.717, 1.165) is 11.1 Å². The van der Waals surface area contributed by atoms with Gasteiger partial charge in [0.25, 0.3) is 0 Å². The maximum Gasteiger partial charge on any atom is 0.307 e. The fourth-order valence-electron chi connectivity index (χ4n) is 2.14.